The Balaban J connectivity index is 2.81. The maximum atomic E-state index is 12.0. The minimum absolute atomic E-state index is 0.281. The summed E-state index contributed by atoms with van der Waals surface area (Å²) in [4.78, 5) is 16.1. The van der Waals surface area contributed by atoms with Crippen molar-refractivity contribution in [2.24, 2.45) is 0 Å². The first-order valence-corrected chi connectivity index (χ1v) is 6.63. The molecule has 0 amide bonds. The zero-order valence-corrected chi connectivity index (χ0v) is 11.9. The largest absolute Gasteiger partial charge is 0.465 e. The van der Waals surface area contributed by atoms with Crippen molar-refractivity contribution >= 4 is 5.97 Å². The highest BCUT2D eigenvalue weighted by atomic mass is 16.5. The van der Waals surface area contributed by atoms with Crippen LogP contribution >= 0.6 is 0 Å². The topological polar surface area (TPSA) is 65.4 Å². The van der Waals surface area contributed by atoms with Gasteiger partial charge in [0.05, 0.1) is 31.4 Å². The lowest BCUT2D eigenvalue weighted by Crippen LogP contribution is -2.34. The van der Waals surface area contributed by atoms with E-state index in [0.717, 1.165) is 18.7 Å². The molecule has 0 fully saturated rings. The van der Waals surface area contributed by atoms with Gasteiger partial charge in [-0.15, -0.1) is 0 Å². The fourth-order valence-electron chi connectivity index (χ4n) is 1.84. The predicted octanol–water partition coefficient (Wildman–Crippen LogP) is 1.13. The van der Waals surface area contributed by atoms with Crippen LogP contribution in [0.5, 0.6) is 0 Å². The second kappa shape index (κ2) is 8.66. The summed E-state index contributed by atoms with van der Waals surface area (Å²) in [5.41, 5.74) is 0.830. The van der Waals surface area contributed by atoms with Crippen molar-refractivity contribution in [3.8, 4) is 0 Å². The number of hydrogen-bond donors (Lipinski definition) is 1. The molecule has 108 valence electrons. The molecule has 6 nitrogen and oxygen atoms in total. The molecule has 19 heavy (non-hydrogen) atoms. The number of ether oxygens (including phenoxy) is 2. The summed E-state index contributed by atoms with van der Waals surface area (Å²) < 4.78 is 12.1. The monoisotopic (exact) mass is 269 g/mol. The molecule has 1 aromatic heterocycles. The van der Waals surface area contributed by atoms with Gasteiger partial charge in [-0.25, -0.2) is 9.78 Å². The highest BCUT2D eigenvalue weighted by Crippen LogP contribution is 2.15. The molecule has 0 saturated heterocycles. The third-order valence-electron chi connectivity index (χ3n) is 2.68. The Kier molecular flexibility index (Phi) is 7.14. The van der Waals surface area contributed by atoms with Crippen LogP contribution in [0.3, 0.4) is 0 Å². The highest BCUT2D eigenvalue weighted by molar-refractivity contribution is 5.77. The normalized spacial score (nSPS) is 12.4. The molecule has 1 unspecified atom stereocenters. The Morgan fingerprint density at radius 3 is 2.95 bits per heavy atom. The summed E-state index contributed by atoms with van der Waals surface area (Å²) >= 11 is 0. The van der Waals surface area contributed by atoms with Gasteiger partial charge in [0.2, 0.25) is 0 Å². The molecule has 1 heterocycles. The summed E-state index contributed by atoms with van der Waals surface area (Å²) in [6, 6.07) is -0.496. The lowest BCUT2D eigenvalue weighted by molar-refractivity contribution is -0.146. The second-order valence-corrected chi connectivity index (χ2v) is 4.14. The van der Waals surface area contributed by atoms with E-state index in [9.17, 15) is 4.79 Å². The van der Waals surface area contributed by atoms with Gasteiger partial charge in [-0.2, -0.15) is 0 Å². The van der Waals surface area contributed by atoms with Crippen molar-refractivity contribution in [1.82, 2.24) is 14.9 Å². The number of esters is 1. The van der Waals surface area contributed by atoms with Crippen molar-refractivity contribution in [2.75, 3.05) is 26.9 Å². The number of nitrogens with one attached hydrogen (secondary N) is 1. The summed E-state index contributed by atoms with van der Waals surface area (Å²) in [7, 11) is 1.63. The van der Waals surface area contributed by atoms with Gasteiger partial charge in [0, 0.05) is 20.2 Å². The van der Waals surface area contributed by atoms with Crippen LogP contribution in [-0.4, -0.2) is 42.4 Å². The quantitative estimate of drug-likeness (QED) is 0.538. The summed E-state index contributed by atoms with van der Waals surface area (Å²) in [5.74, 6) is -0.281. The van der Waals surface area contributed by atoms with Crippen molar-refractivity contribution in [3.05, 3.63) is 18.2 Å². The van der Waals surface area contributed by atoms with E-state index in [4.69, 9.17) is 9.47 Å². The number of carbonyl (C=O) groups is 1. The Morgan fingerprint density at radius 2 is 2.32 bits per heavy atom. The van der Waals surface area contributed by atoms with Gasteiger partial charge in [-0.1, -0.05) is 6.92 Å². The number of carbonyl (C=O) groups excluding carboxylic acids is 1. The first-order chi connectivity index (χ1) is 9.24. The van der Waals surface area contributed by atoms with E-state index in [0.29, 0.717) is 19.8 Å². The van der Waals surface area contributed by atoms with Crippen LogP contribution in [0.25, 0.3) is 0 Å². The second-order valence-electron chi connectivity index (χ2n) is 4.14. The number of imidazole rings is 1. The number of methoxy groups -OCH3 is 1. The number of aryl methyl sites for hydroxylation is 1. The molecular weight excluding hydrogens is 246 g/mol. The first-order valence-electron chi connectivity index (χ1n) is 6.63. The molecule has 0 radical (unpaired) electrons. The Bertz CT molecular complexity index is 379. The molecule has 1 atom stereocenters. The Labute approximate surface area is 114 Å². The number of aromatic nitrogens is 2. The maximum absolute atomic E-state index is 12.0. The first kappa shape index (κ1) is 15.7. The van der Waals surface area contributed by atoms with E-state index in [1.54, 1.807) is 26.6 Å². The minimum Gasteiger partial charge on any atom is -0.465 e. The zero-order chi connectivity index (χ0) is 14.1. The van der Waals surface area contributed by atoms with Crippen molar-refractivity contribution in [2.45, 2.75) is 32.9 Å². The predicted molar refractivity (Wildman–Crippen MR) is 71.8 cm³/mol. The van der Waals surface area contributed by atoms with Crippen molar-refractivity contribution in [1.29, 1.82) is 0 Å². The van der Waals surface area contributed by atoms with Gasteiger partial charge in [-0.3, -0.25) is 5.32 Å². The van der Waals surface area contributed by atoms with Crippen LogP contribution in [0.4, 0.5) is 0 Å². The van der Waals surface area contributed by atoms with E-state index in [1.165, 1.54) is 0 Å². The molecule has 0 bridgehead atoms. The van der Waals surface area contributed by atoms with E-state index in [2.05, 4.69) is 17.2 Å². The fraction of sp³-hybridized carbons (Fsp3) is 0.692. The van der Waals surface area contributed by atoms with Gasteiger partial charge in [0.15, 0.2) is 0 Å². The van der Waals surface area contributed by atoms with E-state index < -0.39 is 6.04 Å². The van der Waals surface area contributed by atoms with Crippen LogP contribution in [0.15, 0.2) is 12.5 Å². The molecule has 0 aromatic carbocycles. The third-order valence-corrected chi connectivity index (χ3v) is 2.68. The molecule has 0 spiro atoms. The minimum atomic E-state index is -0.496. The van der Waals surface area contributed by atoms with Crippen LogP contribution in [0.2, 0.25) is 0 Å². The van der Waals surface area contributed by atoms with E-state index in [-0.39, 0.29) is 5.97 Å². The molecule has 0 saturated carbocycles. The summed E-state index contributed by atoms with van der Waals surface area (Å²) in [6.45, 7) is 6.20. The number of hydrogen-bond acceptors (Lipinski definition) is 5. The molecule has 0 aliphatic rings. The van der Waals surface area contributed by atoms with E-state index >= 15 is 0 Å². The zero-order valence-electron chi connectivity index (χ0n) is 11.9. The van der Waals surface area contributed by atoms with Crippen LogP contribution < -0.4 is 5.32 Å². The van der Waals surface area contributed by atoms with E-state index in [1.807, 2.05) is 4.57 Å². The van der Waals surface area contributed by atoms with Gasteiger partial charge in [-0.05, 0) is 13.3 Å². The van der Waals surface area contributed by atoms with Crippen LogP contribution in [0.1, 0.15) is 32.0 Å². The average Bonchev–Trinajstić information content (AvgIpc) is 2.83. The average molecular weight is 269 g/mol. The molecule has 6 heteroatoms. The van der Waals surface area contributed by atoms with Gasteiger partial charge in [0.25, 0.3) is 0 Å². The van der Waals surface area contributed by atoms with Gasteiger partial charge in [0.1, 0.15) is 6.04 Å². The van der Waals surface area contributed by atoms with Gasteiger partial charge < -0.3 is 14.0 Å². The van der Waals surface area contributed by atoms with Crippen molar-refractivity contribution < 1.29 is 14.3 Å². The van der Waals surface area contributed by atoms with Crippen molar-refractivity contribution in [3.63, 3.8) is 0 Å². The Morgan fingerprint density at radius 1 is 1.53 bits per heavy atom. The lowest BCUT2D eigenvalue weighted by Gasteiger charge is -2.18. The lowest BCUT2D eigenvalue weighted by atomic mass is 10.2. The van der Waals surface area contributed by atoms with Crippen LogP contribution in [0, 0.1) is 0 Å². The molecule has 1 N–H and O–H groups in total. The fourth-order valence-corrected chi connectivity index (χ4v) is 1.84. The highest BCUT2D eigenvalue weighted by Gasteiger charge is 2.24. The smallest absolute Gasteiger partial charge is 0.329 e. The summed E-state index contributed by atoms with van der Waals surface area (Å²) in [5, 5.41) is 3.15. The Hall–Kier alpha value is -1.40. The SMILES string of the molecule is CCCn1cncc1C(NCCOC)C(=O)OCC. The third kappa shape index (κ3) is 4.65. The van der Waals surface area contributed by atoms with Crippen LogP contribution in [-0.2, 0) is 20.8 Å². The van der Waals surface area contributed by atoms with Gasteiger partial charge >= 0.3 is 5.97 Å². The standard InChI is InChI=1S/C13H23N3O3/c1-4-7-16-10-14-9-11(16)12(13(17)19-5-2)15-6-8-18-3/h9-10,12,15H,4-8H2,1-3H3. The molecular formula is C13H23N3O3. The molecule has 1 rings (SSSR count). The maximum Gasteiger partial charge on any atom is 0.329 e. The molecule has 1 aromatic rings. The number of nitrogens with zero attached hydrogens (tertiary/aromatic N) is 2. The molecule has 0 aliphatic carbocycles. The summed E-state index contributed by atoms with van der Waals surface area (Å²) in [6.07, 6.45) is 4.43. The number of rotatable bonds is 9. The molecule has 0 aliphatic heterocycles.